The molecule has 1 unspecified atom stereocenters. The number of hydrogen-bond acceptors (Lipinski definition) is 4. The zero-order chi connectivity index (χ0) is 20.4. The highest BCUT2D eigenvalue weighted by Gasteiger charge is 2.25. The molecule has 154 valence electrons. The van der Waals surface area contributed by atoms with Gasteiger partial charge in [0.2, 0.25) is 0 Å². The molecular weight excluding hydrogens is 382 g/mol. The number of fused-ring (bicyclic) bond motifs is 1. The van der Waals surface area contributed by atoms with Gasteiger partial charge in [-0.15, -0.1) is 0 Å². The summed E-state index contributed by atoms with van der Waals surface area (Å²) in [4.78, 5) is 7.21. The third-order valence-electron chi connectivity index (χ3n) is 5.77. The minimum atomic E-state index is 0.437. The molecule has 6 heteroatoms. The smallest absolute Gasteiger partial charge is 0.159 e. The second kappa shape index (κ2) is 8.82. The fraction of sp³-hybridized carbons (Fsp3) is 0.478. The first kappa shape index (κ1) is 20.3. The van der Waals surface area contributed by atoms with Gasteiger partial charge >= 0.3 is 0 Å². The molecule has 1 fully saturated rings. The Morgan fingerprint density at radius 2 is 2.00 bits per heavy atom. The number of rotatable bonds is 6. The highest BCUT2D eigenvalue weighted by molar-refractivity contribution is 6.30. The van der Waals surface area contributed by atoms with E-state index in [1.54, 1.807) is 0 Å². The number of benzene rings is 1. The Hall–Kier alpha value is -1.95. The van der Waals surface area contributed by atoms with Crippen molar-refractivity contribution in [2.24, 2.45) is 0 Å². The van der Waals surface area contributed by atoms with Gasteiger partial charge in [0.05, 0.1) is 11.4 Å². The summed E-state index contributed by atoms with van der Waals surface area (Å²) >= 11 is 6.03. The summed E-state index contributed by atoms with van der Waals surface area (Å²) < 4.78 is 2.09. The van der Waals surface area contributed by atoms with Crippen molar-refractivity contribution in [3.63, 3.8) is 0 Å². The lowest BCUT2D eigenvalue weighted by molar-refractivity contribution is 0.197. The van der Waals surface area contributed by atoms with E-state index in [1.165, 1.54) is 29.7 Å². The maximum Gasteiger partial charge on any atom is 0.159 e. The van der Waals surface area contributed by atoms with Crippen LogP contribution in [0.15, 0.2) is 36.5 Å². The van der Waals surface area contributed by atoms with Crippen LogP contribution < -0.4 is 5.32 Å². The van der Waals surface area contributed by atoms with E-state index in [9.17, 15) is 0 Å². The molecule has 0 saturated carbocycles. The molecule has 0 bridgehead atoms. The molecule has 29 heavy (non-hydrogen) atoms. The zero-order valence-corrected chi connectivity index (χ0v) is 18.3. The Morgan fingerprint density at radius 3 is 2.76 bits per heavy atom. The first-order chi connectivity index (χ1) is 14.0. The van der Waals surface area contributed by atoms with Gasteiger partial charge in [-0.25, -0.2) is 9.50 Å². The normalized spacial score (nSPS) is 18.0. The van der Waals surface area contributed by atoms with E-state index in [-0.39, 0.29) is 0 Å². The Labute approximate surface area is 178 Å². The summed E-state index contributed by atoms with van der Waals surface area (Å²) in [5, 5.41) is 9.17. The van der Waals surface area contributed by atoms with Gasteiger partial charge in [0.1, 0.15) is 0 Å². The van der Waals surface area contributed by atoms with Gasteiger partial charge in [-0.2, -0.15) is 5.10 Å². The summed E-state index contributed by atoms with van der Waals surface area (Å²) in [7, 11) is 0. The van der Waals surface area contributed by atoms with Crippen LogP contribution >= 0.6 is 11.6 Å². The molecule has 0 aliphatic carbocycles. The Balaban J connectivity index is 1.55. The number of hydrogen-bond donors (Lipinski definition) is 1. The van der Waals surface area contributed by atoms with Crippen LogP contribution in [0.5, 0.6) is 0 Å². The van der Waals surface area contributed by atoms with Gasteiger partial charge in [0.25, 0.3) is 0 Å². The van der Waals surface area contributed by atoms with Crippen LogP contribution in [-0.4, -0.2) is 38.6 Å². The molecule has 5 nitrogen and oxygen atoms in total. The van der Waals surface area contributed by atoms with Crippen molar-refractivity contribution in [2.45, 2.75) is 58.7 Å². The number of aromatic nitrogens is 3. The van der Waals surface area contributed by atoms with Crippen molar-refractivity contribution in [1.82, 2.24) is 24.8 Å². The van der Waals surface area contributed by atoms with E-state index in [1.807, 2.05) is 18.3 Å². The Kier molecular flexibility index (Phi) is 6.18. The lowest BCUT2D eigenvalue weighted by atomic mass is 9.94. The average Bonchev–Trinajstić information content (AvgIpc) is 3.03. The molecule has 1 aliphatic heterocycles. The van der Waals surface area contributed by atoms with Gasteiger partial charge < -0.3 is 5.32 Å². The van der Waals surface area contributed by atoms with E-state index < -0.39 is 0 Å². The molecule has 1 N–H and O–H groups in total. The second-order valence-electron chi connectivity index (χ2n) is 8.41. The van der Waals surface area contributed by atoms with Crippen LogP contribution in [-0.2, 0) is 13.1 Å². The first-order valence-electron chi connectivity index (χ1n) is 10.5. The molecule has 0 spiro atoms. The second-order valence-corrected chi connectivity index (χ2v) is 8.84. The van der Waals surface area contributed by atoms with Gasteiger partial charge in [-0.3, -0.25) is 4.90 Å². The van der Waals surface area contributed by atoms with E-state index in [0.717, 1.165) is 42.5 Å². The standard InChI is InChI=1S/C23H30ClN5/c1-16(2)26-13-21-17(3)27-29-22(10-11-25-23(21)29)19-5-4-12-28(15-19)14-18-6-8-20(24)9-7-18/h6-11,16,19,26H,4-5,12-15H2,1-3H3. The predicted octanol–water partition coefficient (Wildman–Crippen LogP) is 4.57. The van der Waals surface area contributed by atoms with Crippen molar-refractivity contribution in [3.05, 3.63) is 64.1 Å². The van der Waals surface area contributed by atoms with Crippen molar-refractivity contribution < 1.29 is 0 Å². The predicted molar refractivity (Wildman–Crippen MR) is 118 cm³/mol. The Morgan fingerprint density at radius 1 is 1.21 bits per heavy atom. The minimum Gasteiger partial charge on any atom is -0.310 e. The molecule has 1 aromatic carbocycles. The summed E-state index contributed by atoms with van der Waals surface area (Å²) in [6.07, 6.45) is 4.33. The van der Waals surface area contributed by atoms with Gasteiger partial charge in [-0.05, 0) is 50.1 Å². The van der Waals surface area contributed by atoms with E-state index in [4.69, 9.17) is 16.7 Å². The summed E-state index contributed by atoms with van der Waals surface area (Å²) in [6, 6.07) is 10.8. The quantitative estimate of drug-likeness (QED) is 0.645. The SMILES string of the molecule is Cc1nn2c(C3CCCN(Cc4ccc(Cl)cc4)C3)ccnc2c1CNC(C)C. The molecule has 3 aromatic rings. The minimum absolute atomic E-state index is 0.437. The fourth-order valence-electron chi connectivity index (χ4n) is 4.23. The fourth-order valence-corrected chi connectivity index (χ4v) is 4.35. The molecule has 1 aliphatic rings. The third-order valence-corrected chi connectivity index (χ3v) is 6.03. The number of likely N-dealkylation sites (tertiary alicyclic amines) is 1. The molecule has 0 amide bonds. The van der Waals surface area contributed by atoms with Crippen LogP contribution in [0.2, 0.25) is 5.02 Å². The maximum absolute atomic E-state index is 6.03. The molecule has 1 saturated heterocycles. The van der Waals surface area contributed by atoms with Gasteiger partial charge in [0, 0.05) is 48.4 Å². The van der Waals surface area contributed by atoms with Crippen LogP contribution in [0.1, 0.15) is 55.1 Å². The topological polar surface area (TPSA) is 45.5 Å². The van der Waals surface area contributed by atoms with Crippen molar-refractivity contribution in [3.8, 4) is 0 Å². The molecule has 3 heterocycles. The number of nitrogens with zero attached hydrogens (tertiary/aromatic N) is 4. The molecule has 2 aromatic heterocycles. The van der Waals surface area contributed by atoms with Gasteiger partial charge in [-0.1, -0.05) is 37.6 Å². The van der Waals surface area contributed by atoms with Crippen molar-refractivity contribution >= 4 is 17.2 Å². The van der Waals surface area contributed by atoms with Crippen molar-refractivity contribution in [1.29, 1.82) is 0 Å². The molecule has 0 radical (unpaired) electrons. The lowest BCUT2D eigenvalue weighted by Gasteiger charge is -2.33. The summed E-state index contributed by atoms with van der Waals surface area (Å²) in [6.45, 7) is 10.4. The van der Waals surface area contributed by atoms with E-state index in [2.05, 4.69) is 58.7 Å². The summed E-state index contributed by atoms with van der Waals surface area (Å²) in [5.41, 5.74) is 5.84. The maximum atomic E-state index is 6.03. The van der Waals surface area contributed by atoms with Crippen LogP contribution in [0.25, 0.3) is 5.65 Å². The first-order valence-corrected chi connectivity index (χ1v) is 10.9. The third kappa shape index (κ3) is 4.63. The van der Waals surface area contributed by atoms with E-state index >= 15 is 0 Å². The number of piperidine rings is 1. The highest BCUT2D eigenvalue weighted by atomic mass is 35.5. The number of nitrogens with one attached hydrogen (secondary N) is 1. The average molecular weight is 412 g/mol. The molecular formula is C23H30ClN5. The number of halogens is 1. The number of aryl methyl sites for hydroxylation is 1. The molecule has 4 rings (SSSR count). The van der Waals surface area contributed by atoms with Gasteiger partial charge in [0.15, 0.2) is 5.65 Å². The lowest BCUT2D eigenvalue weighted by Crippen LogP contribution is -2.34. The van der Waals surface area contributed by atoms with Crippen LogP contribution in [0.3, 0.4) is 0 Å². The highest BCUT2D eigenvalue weighted by Crippen LogP contribution is 2.29. The van der Waals surface area contributed by atoms with E-state index in [0.29, 0.717) is 12.0 Å². The monoisotopic (exact) mass is 411 g/mol. The van der Waals surface area contributed by atoms with Crippen molar-refractivity contribution in [2.75, 3.05) is 13.1 Å². The van der Waals surface area contributed by atoms with Crippen LogP contribution in [0.4, 0.5) is 0 Å². The molecule has 1 atom stereocenters. The zero-order valence-electron chi connectivity index (χ0n) is 17.5. The largest absolute Gasteiger partial charge is 0.310 e. The van der Waals surface area contributed by atoms with Crippen LogP contribution in [0, 0.1) is 6.92 Å². The Bertz CT molecular complexity index is 963. The summed E-state index contributed by atoms with van der Waals surface area (Å²) in [5.74, 6) is 0.465.